The first-order valence-electron chi connectivity index (χ1n) is 5.84. The molecule has 0 aromatic rings. The lowest BCUT2D eigenvalue weighted by atomic mass is 10.0. The molecule has 0 spiro atoms. The number of aliphatic carboxylic acids is 1. The van der Waals surface area contributed by atoms with Crippen LogP contribution in [0.25, 0.3) is 0 Å². The summed E-state index contributed by atoms with van der Waals surface area (Å²) in [6.45, 7) is 7.05. The van der Waals surface area contributed by atoms with E-state index in [2.05, 4.69) is 10.6 Å². The van der Waals surface area contributed by atoms with Gasteiger partial charge in [-0.1, -0.05) is 13.8 Å². The van der Waals surface area contributed by atoms with Crippen LogP contribution < -0.4 is 10.6 Å². The maximum atomic E-state index is 11.8. The first-order chi connectivity index (χ1) is 7.91. The van der Waals surface area contributed by atoms with E-state index in [4.69, 9.17) is 5.11 Å². The van der Waals surface area contributed by atoms with Gasteiger partial charge in [0, 0.05) is 18.7 Å². The molecule has 1 saturated heterocycles. The summed E-state index contributed by atoms with van der Waals surface area (Å²) in [4.78, 5) is 22.8. The van der Waals surface area contributed by atoms with Crippen molar-refractivity contribution in [2.75, 3.05) is 13.1 Å². The minimum atomic E-state index is -0.975. The van der Waals surface area contributed by atoms with Crippen LogP contribution in [0.4, 0.5) is 0 Å². The Morgan fingerprint density at radius 3 is 2.35 bits per heavy atom. The maximum Gasteiger partial charge on any atom is 0.326 e. The standard InChI is InChI=1S/C12H20N2O3/c1-7(2)4-10(12(16)17)14-11(15)8(3)9-5-13-6-9/h7,10,13H,4-6H2,1-3H3,(H,14,15)(H,16,17). The second-order valence-corrected chi connectivity index (χ2v) is 4.83. The van der Waals surface area contributed by atoms with Gasteiger partial charge in [0.05, 0.1) is 0 Å². The number of carbonyl (C=O) groups excluding carboxylic acids is 1. The average molecular weight is 240 g/mol. The van der Waals surface area contributed by atoms with Gasteiger partial charge in [0.1, 0.15) is 6.04 Å². The molecule has 1 atom stereocenters. The van der Waals surface area contributed by atoms with Crippen molar-refractivity contribution in [3.63, 3.8) is 0 Å². The molecular formula is C12H20N2O3. The number of nitrogens with one attached hydrogen (secondary N) is 2. The van der Waals surface area contributed by atoms with E-state index in [1.165, 1.54) is 0 Å². The molecule has 3 N–H and O–H groups in total. The fourth-order valence-electron chi connectivity index (χ4n) is 1.64. The Hall–Kier alpha value is -1.36. The van der Waals surface area contributed by atoms with E-state index in [0.29, 0.717) is 12.0 Å². The normalized spacial score (nSPS) is 16.4. The van der Waals surface area contributed by atoms with Gasteiger partial charge in [-0.15, -0.1) is 0 Å². The molecular weight excluding hydrogens is 220 g/mol. The lowest BCUT2D eigenvalue weighted by Gasteiger charge is -2.23. The van der Waals surface area contributed by atoms with Crippen LogP contribution >= 0.6 is 0 Å². The van der Waals surface area contributed by atoms with Gasteiger partial charge < -0.3 is 15.7 Å². The van der Waals surface area contributed by atoms with Crippen LogP contribution in [-0.2, 0) is 9.59 Å². The molecule has 96 valence electrons. The van der Waals surface area contributed by atoms with Gasteiger partial charge in [-0.25, -0.2) is 4.79 Å². The summed E-state index contributed by atoms with van der Waals surface area (Å²) in [6, 6.07) is -0.800. The topological polar surface area (TPSA) is 78.4 Å². The highest BCUT2D eigenvalue weighted by atomic mass is 16.4. The van der Waals surface area contributed by atoms with Gasteiger partial charge in [0.15, 0.2) is 0 Å². The van der Waals surface area contributed by atoms with Crippen molar-refractivity contribution in [1.29, 1.82) is 0 Å². The molecule has 1 rings (SSSR count). The van der Waals surface area contributed by atoms with Crippen molar-refractivity contribution >= 4 is 11.9 Å². The number of hydrogen-bond acceptors (Lipinski definition) is 3. The Balaban J connectivity index is 2.60. The highest BCUT2D eigenvalue weighted by Crippen LogP contribution is 2.10. The van der Waals surface area contributed by atoms with Gasteiger partial charge in [0.25, 0.3) is 0 Å². The van der Waals surface area contributed by atoms with Crippen LogP contribution in [-0.4, -0.2) is 36.1 Å². The Labute approximate surface area is 101 Å². The maximum absolute atomic E-state index is 11.8. The predicted molar refractivity (Wildman–Crippen MR) is 64.6 cm³/mol. The van der Waals surface area contributed by atoms with Crippen LogP contribution in [0.1, 0.15) is 27.2 Å². The molecule has 1 fully saturated rings. The van der Waals surface area contributed by atoms with Gasteiger partial charge >= 0.3 is 5.97 Å². The summed E-state index contributed by atoms with van der Waals surface area (Å²) in [5.74, 6) is -1.01. The molecule has 1 unspecified atom stereocenters. The second-order valence-electron chi connectivity index (χ2n) is 4.83. The zero-order chi connectivity index (χ0) is 13.0. The molecule has 0 aliphatic carbocycles. The third-order valence-electron chi connectivity index (χ3n) is 2.86. The molecule has 17 heavy (non-hydrogen) atoms. The predicted octanol–water partition coefficient (Wildman–Crippen LogP) is 0.522. The summed E-state index contributed by atoms with van der Waals surface area (Å²) < 4.78 is 0. The molecule has 0 bridgehead atoms. The third-order valence-corrected chi connectivity index (χ3v) is 2.86. The van der Waals surface area contributed by atoms with Crippen molar-refractivity contribution in [1.82, 2.24) is 10.6 Å². The smallest absolute Gasteiger partial charge is 0.326 e. The largest absolute Gasteiger partial charge is 0.480 e. The minimum absolute atomic E-state index is 0.231. The zero-order valence-corrected chi connectivity index (χ0v) is 10.5. The van der Waals surface area contributed by atoms with Crippen LogP contribution in [0.5, 0.6) is 0 Å². The van der Waals surface area contributed by atoms with E-state index in [1.807, 2.05) is 13.8 Å². The first-order valence-corrected chi connectivity index (χ1v) is 5.84. The Morgan fingerprint density at radius 1 is 1.41 bits per heavy atom. The molecule has 0 aromatic heterocycles. The summed E-state index contributed by atoms with van der Waals surface area (Å²) in [5.41, 5.74) is 1.69. The van der Waals surface area contributed by atoms with E-state index in [-0.39, 0.29) is 11.8 Å². The molecule has 5 nitrogen and oxygen atoms in total. The number of hydrogen-bond donors (Lipinski definition) is 3. The first kappa shape index (κ1) is 13.7. The average Bonchev–Trinajstić information content (AvgIpc) is 2.12. The van der Waals surface area contributed by atoms with Gasteiger partial charge in [-0.05, 0) is 24.8 Å². The molecule has 0 saturated carbocycles. The molecule has 1 aliphatic heterocycles. The summed E-state index contributed by atoms with van der Waals surface area (Å²) in [7, 11) is 0. The Bertz CT molecular complexity index is 342. The van der Waals surface area contributed by atoms with Gasteiger partial charge in [0.2, 0.25) is 5.91 Å². The molecule has 0 radical (unpaired) electrons. The SMILES string of the molecule is CC(C(=O)NC(CC(C)C)C(=O)O)=C1CNC1. The minimum Gasteiger partial charge on any atom is -0.480 e. The Kier molecular flexibility index (Phi) is 4.69. The zero-order valence-electron chi connectivity index (χ0n) is 10.5. The highest BCUT2D eigenvalue weighted by Gasteiger charge is 2.23. The number of amides is 1. The second kappa shape index (κ2) is 5.82. The fourth-order valence-corrected chi connectivity index (χ4v) is 1.64. The summed E-state index contributed by atoms with van der Waals surface area (Å²) in [5, 5.41) is 14.6. The van der Waals surface area contributed by atoms with Crippen molar-refractivity contribution in [3.05, 3.63) is 11.1 Å². The molecule has 5 heteroatoms. The number of rotatable bonds is 5. The van der Waals surface area contributed by atoms with Crippen LogP contribution in [0.15, 0.2) is 11.1 Å². The van der Waals surface area contributed by atoms with Crippen LogP contribution in [0.2, 0.25) is 0 Å². The number of carboxylic acid groups (broad SMARTS) is 1. The van der Waals surface area contributed by atoms with E-state index < -0.39 is 12.0 Å². The summed E-state index contributed by atoms with van der Waals surface area (Å²) in [6.07, 6.45) is 0.446. The van der Waals surface area contributed by atoms with Crippen LogP contribution in [0, 0.1) is 5.92 Å². The van der Waals surface area contributed by atoms with E-state index in [1.54, 1.807) is 6.92 Å². The van der Waals surface area contributed by atoms with Crippen molar-refractivity contribution in [2.24, 2.45) is 5.92 Å². The van der Waals surface area contributed by atoms with Crippen molar-refractivity contribution in [2.45, 2.75) is 33.2 Å². The van der Waals surface area contributed by atoms with E-state index >= 15 is 0 Å². The Morgan fingerprint density at radius 2 is 2.00 bits per heavy atom. The van der Waals surface area contributed by atoms with Gasteiger partial charge in [-0.2, -0.15) is 0 Å². The molecule has 1 aliphatic rings. The third kappa shape index (κ3) is 3.85. The molecule has 1 amide bonds. The number of carboxylic acids is 1. The van der Waals surface area contributed by atoms with Crippen molar-refractivity contribution in [3.8, 4) is 0 Å². The molecule has 0 aromatic carbocycles. The van der Waals surface area contributed by atoms with Crippen LogP contribution in [0.3, 0.4) is 0 Å². The number of carbonyl (C=O) groups is 2. The highest BCUT2D eigenvalue weighted by molar-refractivity contribution is 5.96. The summed E-state index contributed by atoms with van der Waals surface area (Å²) >= 11 is 0. The van der Waals surface area contributed by atoms with Crippen molar-refractivity contribution < 1.29 is 14.7 Å². The van der Waals surface area contributed by atoms with E-state index in [9.17, 15) is 9.59 Å². The quantitative estimate of drug-likeness (QED) is 0.612. The monoisotopic (exact) mass is 240 g/mol. The van der Waals surface area contributed by atoms with Gasteiger partial charge in [-0.3, -0.25) is 4.79 Å². The lowest BCUT2D eigenvalue weighted by molar-refractivity contribution is -0.141. The fraction of sp³-hybridized carbons (Fsp3) is 0.667. The lowest BCUT2D eigenvalue weighted by Crippen LogP contribution is -2.44. The molecule has 1 heterocycles. The van der Waals surface area contributed by atoms with E-state index in [0.717, 1.165) is 18.7 Å².